The molecule has 1 unspecified atom stereocenters. The molecule has 0 bridgehead atoms. The zero-order chi connectivity index (χ0) is 39.7. The number of hydrogen-bond acceptors (Lipinski definition) is 8. The number of nitriles is 1. The normalized spacial score (nSPS) is 15.3. The van der Waals surface area contributed by atoms with E-state index in [1.807, 2.05) is 6.92 Å². The van der Waals surface area contributed by atoms with Crippen LogP contribution in [0, 0.1) is 23.1 Å². The molecule has 0 radical (unpaired) electrons. The zero-order valence-corrected chi connectivity index (χ0v) is 33.8. The number of urea groups is 1. The Hall–Kier alpha value is -3.47. The van der Waals surface area contributed by atoms with Gasteiger partial charge in [-0.1, -0.05) is 90.9 Å². The maximum absolute atomic E-state index is 16.4. The van der Waals surface area contributed by atoms with E-state index in [1.165, 1.54) is 44.9 Å². The number of phosphoric acid groups is 1. The summed E-state index contributed by atoms with van der Waals surface area (Å²) in [6.45, 7) is 7.21. The van der Waals surface area contributed by atoms with Gasteiger partial charge in [-0.25, -0.2) is 28.7 Å². The Balaban J connectivity index is 1.28. The van der Waals surface area contributed by atoms with E-state index in [-0.39, 0.29) is 23.9 Å². The SMILES string of the molecule is CCNC(=O)Nc1nc2c([C@H]3CCCO3)c(F)c(-c3cnc(C(C)(C)C(CCC#N)CCCCCCCCCCCCCCCOP(=O)(O)O)nc3)cc2[nH]1. The summed E-state index contributed by atoms with van der Waals surface area (Å²) in [5.41, 5.74) is 1.84. The predicted molar refractivity (Wildman–Crippen MR) is 212 cm³/mol. The van der Waals surface area contributed by atoms with Crippen molar-refractivity contribution >= 4 is 30.8 Å². The lowest BCUT2D eigenvalue weighted by atomic mass is 9.73. The quantitative estimate of drug-likeness (QED) is 0.0407. The van der Waals surface area contributed by atoms with Gasteiger partial charge in [-0.3, -0.25) is 9.84 Å². The number of aromatic amines is 1. The van der Waals surface area contributed by atoms with Crippen LogP contribution in [0.25, 0.3) is 22.2 Å². The molecule has 3 heterocycles. The van der Waals surface area contributed by atoms with Crippen molar-refractivity contribution in [3.8, 4) is 17.2 Å². The average molecular weight is 786 g/mol. The Bertz CT molecular complexity index is 1720. The molecule has 15 heteroatoms. The average Bonchev–Trinajstić information content (AvgIpc) is 3.82. The monoisotopic (exact) mass is 785 g/mol. The van der Waals surface area contributed by atoms with Crippen molar-refractivity contribution in [2.75, 3.05) is 25.1 Å². The Morgan fingerprint density at radius 3 is 2.24 bits per heavy atom. The van der Waals surface area contributed by atoms with E-state index in [4.69, 9.17) is 24.5 Å². The number of ether oxygens (including phenoxy) is 1. The maximum Gasteiger partial charge on any atom is 0.469 e. The number of H-pyrrole nitrogens is 1. The third-order valence-corrected chi connectivity index (χ3v) is 11.2. The molecule has 1 aromatic carbocycles. The molecule has 2 amide bonds. The van der Waals surface area contributed by atoms with Gasteiger partial charge in [0, 0.05) is 54.1 Å². The number of imidazole rings is 1. The van der Waals surface area contributed by atoms with Crippen LogP contribution >= 0.6 is 7.82 Å². The number of fused-ring (bicyclic) bond motifs is 1. The van der Waals surface area contributed by atoms with E-state index in [2.05, 4.69) is 45.0 Å². The molecule has 5 N–H and O–H groups in total. The molecule has 1 aliphatic rings. The Labute approximate surface area is 325 Å². The van der Waals surface area contributed by atoms with Crippen LogP contribution in [0.3, 0.4) is 0 Å². The molecule has 2 aromatic heterocycles. The predicted octanol–water partition coefficient (Wildman–Crippen LogP) is 9.92. The molecule has 2 atom stereocenters. The Kier molecular flexibility index (Phi) is 18.0. The minimum atomic E-state index is -4.34. The van der Waals surface area contributed by atoms with Crippen LogP contribution in [0.1, 0.15) is 154 Å². The smallest absolute Gasteiger partial charge is 0.373 e. The van der Waals surface area contributed by atoms with Crippen LogP contribution in [0.2, 0.25) is 0 Å². The van der Waals surface area contributed by atoms with Crippen molar-refractivity contribution in [2.24, 2.45) is 5.92 Å². The molecule has 4 rings (SSSR count). The molecule has 304 valence electrons. The molecule has 0 aliphatic carbocycles. The maximum atomic E-state index is 16.4. The summed E-state index contributed by atoms with van der Waals surface area (Å²) in [5.74, 6) is 0.677. The first-order valence-corrected chi connectivity index (χ1v) is 21.8. The number of aromatic nitrogens is 4. The number of halogens is 1. The zero-order valence-electron chi connectivity index (χ0n) is 32.9. The highest BCUT2D eigenvalue weighted by atomic mass is 31.2. The highest BCUT2D eigenvalue weighted by Crippen LogP contribution is 2.41. The second kappa shape index (κ2) is 22.3. The Morgan fingerprint density at radius 1 is 1.05 bits per heavy atom. The van der Waals surface area contributed by atoms with E-state index < -0.39 is 25.8 Å². The highest BCUT2D eigenvalue weighted by Gasteiger charge is 2.34. The molecule has 1 aliphatic heterocycles. The second-order valence-electron chi connectivity index (χ2n) is 15.2. The fourth-order valence-corrected chi connectivity index (χ4v) is 7.91. The standard InChI is InChI=1S/C40H61FN7O6P/c1-4-43-39(49)48-38-46-32-26-31(35(41)34(36(32)47-38)33-22-19-24-53-33)29-27-44-37(45-28-29)40(2,3)30(21-18-23-42)20-16-14-12-10-8-6-5-7-9-11-13-15-17-25-54-55(50,51)52/h26-28,30,33H,4-22,24-25H2,1-3H3,(H2,50,51,52)(H3,43,46,47,48,49)/t30?,33-/m1/s1. The lowest BCUT2D eigenvalue weighted by Gasteiger charge is -2.33. The summed E-state index contributed by atoms with van der Waals surface area (Å²) in [7, 11) is -4.34. The van der Waals surface area contributed by atoms with Crippen molar-refractivity contribution in [2.45, 2.75) is 148 Å². The minimum absolute atomic E-state index is 0.113. The summed E-state index contributed by atoms with van der Waals surface area (Å²) in [6, 6.07) is 3.60. The second-order valence-corrected chi connectivity index (χ2v) is 16.5. The number of nitrogens with zero attached hydrogens (tertiary/aromatic N) is 4. The Morgan fingerprint density at radius 2 is 1.67 bits per heavy atom. The van der Waals surface area contributed by atoms with E-state index in [1.54, 1.807) is 18.5 Å². The van der Waals surface area contributed by atoms with Crippen molar-refractivity contribution in [1.82, 2.24) is 25.3 Å². The van der Waals surface area contributed by atoms with Crippen molar-refractivity contribution in [3.05, 3.63) is 35.7 Å². The summed E-state index contributed by atoms with van der Waals surface area (Å²) >= 11 is 0. The third kappa shape index (κ3) is 13.9. The first-order chi connectivity index (χ1) is 26.4. The number of carbonyl (C=O) groups excluding carboxylic acids is 1. The van der Waals surface area contributed by atoms with Gasteiger partial charge < -0.3 is 24.8 Å². The molecule has 13 nitrogen and oxygen atoms in total. The number of benzene rings is 1. The lowest BCUT2D eigenvalue weighted by Crippen LogP contribution is -2.31. The van der Waals surface area contributed by atoms with Gasteiger partial charge in [-0.15, -0.1) is 0 Å². The van der Waals surface area contributed by atoms with Crippen molar-refractivity contribution in [3.63, 3.8) is 0 Å². The first-order valence-electron chi connectivity index (χ1n) is 20.2. The number of anilines is 1. The summed E-state index contributed by atoms with van der Waals surface area (Å²) < 4.78 is 37.5. The van der Waals surface area contributed by atoms with E-state index in [0.29, 0.717) is 66.0 Å². The van der Waals surface area contributed by atoms with Crippen molar-refractivity contribution < 1.29 is 32.8 Å². The molecule has 3 aromatic rings. The topological polar surface area (TPSA) is 195 Å². The molecular formula is C40H61FN7O6P. The van der Waals surface area contributed by atoms with Crippen LogP contribution in [-0.2, 0) is 19.2 Å². The number of amides is 2. The van der Waals surface area contributed by atoms with Gasteiger partial charge in [0.25, 0.3) is 0 Å². The van der Waals surface area contributed by atoms with Gasteiger partial charge >= 0.3 is 13.9 Å². The number of nitrogens with one attached hydrogen (secondary N) is 3. The van der Waals surface area contributed by atoms with Crippen LogP contribution in [0.4, 0.5) is 15.1 Å². The summed E-state index contributed by atoms with van der Waals surface area (Å²) in [4.78, 5) is 46.8. The molecule has 1 saturated heterocycles. The molecule has 1 fully saturated rings. The summed E-state index contributed by atoms with van der Waals surface area (Å²) in [5, 5.41) is 14.8. The summed E-state index contributed by atoms with van der Waals surface area (Å²) in [6.07, 6.45) is 21.2. The van der Waals surface area contributed by atoms with E-state index >= 15 is 4.39 Å². The van der Waals surface area contributed by atoms with Gasteiger partial charge in [0.15, 0.2) is 0 Å². The minimum Gasteiger partial charge on any atom is -0.373 e. The molecule has 0 saturated carbocycles. The number of carbonyl (C=O) groups is 1. The van der Waals surface area contributed by atoms with Gasteiger partial charge in [-0.2, -0.15) is 5.26 Å². The number of unbranched alkanes of at least 4 members (excludes halogenated alkanes) is 12. The van der Waals surface area contributed by atoms with Crippen molar-refractivity contribution in [1.29, 1.82) is 5.26 Å². The van der Waals surface area contributed by atoms with Crippen LogP contribution in [0.5, 0.6) is 0 Å². The number of hydrogen-bond donors (Lipinski definition) is 5. The van der Waals surface area contributed by atoms with Gasteiger partial charge in [0.1, 0.15) is 11.6 Å². The highest BCUT2D eigenvalue weighted by molar-refractivity contribution is 7.46. The van der Waals surface area contributed by atoms with Gasteiger partial charge in [0.2, 0.25) is 5.95 Å². The van der Waals surface area contributed by atoms with Crippen LogP contribution in [0.15, 0.2) is 18.5 Å². The van der Waals surface area contributed by atoms with E-state index in [9.17, 15) is 14.6 Å². The van der Waals surface area contributed by atoms with E-state index in [0.717, 1.165) is 51.4 Å². The first kappa shape index (κ1) is 44.2. The third-order valence-electron chi connectivity index (χ3n) is 10.7. The fraction of sp³-hybridized carbons (Fsp3) is 0.675. The van der Waals surface area contributed by atoms with Crippen LogP contribution in [-0.4, -0.2) is 55.5 Å². The fourth-order valence-electron chi connectivity index (χ4n) is 7.54. The van der Waals surface area contributed by atoms with Gasteiger partial charge in [0.05, 0.1) is 29.8 Å². The number of rotatable bonds is 25. The molecule has 55 heavy (non-hydrogen) atoms. The number of phosphoric ester groups is 1. The van der Waals surface area contributed by atoms with Gasteiger partial charge in [-0.05, 0) is 51.0 Å². The van der Waals surface area contributed by atoms with Crippen LogP contribution < -0.4 is 10.6 Å². The molecule has 0 spiro atoms. The molecular weight excluding hydrogens is 724 g/mol. The largest absolute Gasteiger partial charge is 0.469 e. The lowest BCUT2D eigenvalue weighted by molar-refractivity contribution is 0.110.